The summed E-state index contributed by atoms with van der Waals surface area (Å²) in [5.41, 5.74) is -1.87. The molecule has 2 N–H and O–H groups in total. The van der Waals surface area contributed by atoms with Gasteiger partial charge in [-0.15, -0.1) is 0 Å². The smallest absolute Gasteiger partial charge is 0.393 e. The number of aromatic nitrogens is 3. The van der Waals surface area contributed by atoms with Gasteiger partial charge in [-0.25, -0.2) is 9.38 Å². The van der Waals surface area contributed by atoms with Gasteiger partial charge in [0.05, 0.1) is 4.92 Å². The average molecular weight is 196 g/mol. The maximum Gasteiger partial charge on any atom is 0.393 e. The number of hydrogen-bond acceptors (Lipinski definition) is 5. The molecule has 0 spiro atoms. The lowest BCUT2D eigenvalue weighted by molar-refractivity contribution is -0.387. The van der Waals surface area contributed by atoms with Gasteiger partial charge in [-0.2, -0.15) is 0 Å². The number of fused-ring (bicyclic) bond motifs is 1. The first-order valence-electron chi connectivity index (χ1n) is 3.54. The molecule has 2 heterocycles. The quantitative estimate of drug-likeness (QED) is 0.477. The van der Waals surface area contributed by atoms with Crippen molar-refractivity contribution in [1.82, 2.24) is 14.4 Å². The maximum absolute atomic E-state index is 11.1. The highest BCUT2D eigenvalue weighted by molar-refractivity contribution is 5.45. The van der Waals surface area contributed by atoms with Crippen LogP contribution in [-0.4, -0.2) is 24.4 Å². The Hall–Kier alpha value is -2.38. The average Bonchev–Trinajstić information content (AvgIpc) is 2.50. The van der Waals surface area contributed by atoms with Crippen molar-refractivity contribution >= 4 is 11.5 Å². The van der Waals surface area contributed by atoms with E-state index in [0.717, 1.165) is 4.40 Å². The number of nitro groups is 1. The Morgan fingerprint density at radius 2 is 2.36 bits per heavy atom. The van der Waals surface area contributed by atoms with Crippen LogP contribution in [-0.2, 0) is 0 Å². The van der Waals surface area contributed by atoms with Crippen LogP contribution in [0.25, 0.3) is 5.78 Å². The summed E-state index contributed by atoms with van der Waals surface area (Å²) in [6, 6.07) is 0. The number of nitrogens with one attached hydrogen (secondary N) is 1. The van der Waals surface area contributed by atoms with Crippen molar-refractivity contribution in [3.8, 4) is 5.88 Å². The third-order valence-electron chi connectivity index (χ3n) is 1.70. The van der Waals surface area contributed by atoms with Gasteiger partial charge < -0.3 is 5.11 Å². The topological polar surface area (TPSA) is 114 Å². The summed E-state index contributed by atoms with van der Waals surface area (Å²) in [6.07, 6.45) is 2.60. The van der Waals surface area contributed by atoms with Gasteiger partial charge in [0.25, 0.3) is 5.88 Å². The number of imidazole rings is 1. The summed E-state index contributed by atoms with van der Waals surface area (Å²) < 4.78 is 1.01. The zero-order valence-corrected chi connectivity index (χ0v) is 6.67. The Morgan fingerprint density at radius 3 is 3.00 bits per heavy atom. The molecule has 0 aliphatic carbocycles. The van der Waals surface area contributed by atoms with Crippen LogP contribution in [0.15, 0.2) is 17.2 Å². The third-order valence-corrected chi connectivity index (χ3v) is 1.70. The Kier molecular flexibility index (Phi) is 1.50. The van der Waals surface area contributed by atoms with E-state index < -0.39 is 22.0 Å². The van der Waals surface area contributed by atoms with Crippen LogP contribution < -0.4 is 5.56 Å². The van der Waals surface area contributed by atoms with E-state index in [1.54, 1.807) is 0 Å². The molecule has 0 aliphatic rings. The second-order valence-electron chi connectivity index (χ2n) is 2.50. The molecule has 72 valence electrons. The van der Waals surface area contributed by atoms with Crippen LogP contribution in [0.1, 0.15) is 0 Å². The molecule has 0 saturated heterocycles. The number of nitrogens with zero attached hydrogens (tertiary/aromatic N) is 3. The fourth-order valence-corrected chi connectivity index (χ4v) is 1.11. The van der Waals surface area contributed by atoms with E-state index in [-0.39, 0.29) is 5.78 Å². The zero-order valence-electron chi connectivity index (χ0n) is 6.67. The summed E-state index contributed by atoms with van der Waals surface area (Å²) >= 11 is 0. The molecule has 2 rings (SSSR count). The first kappa shape index (κ1) is 8.23. The van der Waals surface area contributed by atoms with Gasteiger partial charge >= 0.3 is 11.2 Å². The second-order valence-corrected chi connectivity index (χ2v) is 2.50. The molecule has 2 aromatic rings. The minimum Gasteiger partial charge on any atom is -0.489 e. The lowest BCUT2D eigenvalue weighted by Crippen LogP contribution is -2.14. The molecule has 0 aromatic carbocycles. The summed E-state index contributed by atoms with van der Waals surface area (Å²) in [7, 11) is 0. The fourth-order valence-electron chi connectivity index (χ4n) is 1.11. The molecule has 0 fully saturated rings. The standard InChI is InChI=1S/C6H4N4O4/c11-4-3(10(13)14)5(12)9-2-1-7-6(9)8-4/h1-2,12H,(H,7,8,11). The molecular weight excluding hydrogens is 192 g/mol. The molecular formula is C6H4N4O4. The van der Waals surface area contributed by atoms with Gasteiger partial charge in [-0.05, 0) is 0 Å². The van der Waals surface area contributed by atoms with Gasteiger partial charge in [0, 0.05) is 12.4 Å². The second kappa shape index (κ2) is 2.55. The number of aromatic amines is 1. The van der Waals surface area contributed by atoms with Gasteiger partial charge in [-0.3, -0.25) is 19.9 Å². The predicted molar refractivity (Wildman–Crippen MR) is 44.1 cm³/mol. The first-order chi connectivity index (χ1) is 6.61. The highest BCUT2D eigenvalue weighted by Gasteiger charge is 2.22. The minimum absolute atomic E-state index is 0.0538. The molecule has 0 bridgehead atoms. The predicted octanol–water partition coefficient (Wildman–Crippen LogP) is -0.364. The van der Waals surface area contributed by atoms with Crippen LogP contribution >= 0.6 is 0 Å². The van der Waals surface area contributed by atoms with Crippen LogP contribution in [0, 0.1) is 10.1 Å². The molecule has 0 unspecified atom stereocenters. The molecule has 8 nitrogen and oxygen atoms in total. The van der Waals surface area contributed by atoms with Gasteiger partial charge in [-0.1, -0.05) is 0 Å². The van der Waals surface area contributed by atoms with E-state index in [0.29, 0.717) is 0 Å². The molecule has 2 aromatic heterocycles. The SMILES string of the molecule is O=c1[nH]c2nccn2c(O)c1[N+](=O)[O-]. The van der Waals surface area contributed by atoms with Crippen molar-refractivity contribution in [1.29, 1.82) is 0 Å². The lowest BCUT2D eigenvalue weighted by atomic mass is 10.5. The largest absolute Gasteiger partial charge is 0.489 e. The zero-order chi connectivity index (χ0) is 10.3. The van der Waals surface area contributed by atoms with Crippen LogP contribution in [0.2, 0.25) is 0 Å². The Balaban J connectivity index is 2.96. The van der Waals surface area contributed by atoms with Crippen molar-refractivity contribution in [3.05, 3.63) is 32.9 Å². The minimum atomic E-state index is -0.980. The Labute approximate surface area is 75.6 Å². The first-order valence-corrected chi connectivity index (χ1v) is 3.54. The van der Waals surface area contributed by atoms with Crippen molar-refractivity contribution < 1.29 is 10.0 Å². The van der Waals surface area contributed by atoms with Crippen LogP contribution in [0.4, 0.5) is 5.69 Å². The number of rotatable bonds is 1. The number of H-pyrrole nitrogens is 1. The molecule has 0 saturated carbocycles. The monoisotopic (exact) mass is 196 g/mol. The van der Waals surface area contributed by atoms with Crippen molar-refractivity contribution in [2.24, 2.45) is 0 Å². The normalized spacial score (nSPS) is 10.6. The van der Waals surface area contributed by atoms with E-state index >= 15 is 0 Å². The molecule has 0 atom stereocenters. The van der Waals surface area contributed by atoms with Crippen LogP contribution in [0.5, 0.6) is 5.88 Å². The summed E-state index contributed by atoms with van der Waals surface area (Å²) in [5.74, 6) is -0.677. The Morgan fingerprint density at radius 1 is 1.64 bits per heavy atom. The molecule has 0 aliphatic heterocycles. The molecule has 0 amide bonds. The Bertz CT molecular complexity index is 569. The summed E-state index contributed by atoms with van der Waals surface area (Å²) in [5, 5.41) is 19.8. The highest BCUT2D eigenvalue weighted by atomic mass is 16.6. The van der Waals surface area contributed by atoms with E-state index in [1.165, 1.54) is 12.4 Å². The maximum atomic E-state index is 11.1. The fraction of sp³-hybridized carbons (Fsp3) is 0. The van der Waals surface area contributed by atoms with Gasteiger partial charge in [0.2, 0.25) is 5.78 Å². The van der Waals surface area contributed by atoms with Crippen molar-refractivity contribution in [3.63, 3.8) is 0 Å². The van der Waals surface area contributed by atoms with E-state index in [4.69, 9.17) is 0 Å². The number of aromatic hydroxyl groups is 1. The summed E-state index contributed by atoms with van der Waals surface area (Å²) in [4.78, 5) is 26.4. The molecule has 14 heavy (non-hydrogen) atoms. The lowest BCUT2D eigenvalue weighted by Gasteiger charge is -1.97. The van der Waals surface area contributed by atoms with Gasteiger partial charge in [0.1, 0.15) is 0 Å². The van der Waals surface area contributed by atoms with Crippen molar-refractivity contribution in [2.75, 3.05) is 0 Å². The third kappa shape index (κ3) is 0.937. The molecule has 0 radical (unpaired) electrons. The van der Waals surface area contributed by atoms with Crippen LogP contribution in [0.3, 0.4) is 0 Å². The van der Waals surface area contributed by atoms with E-state index in [1.807, 2.05) is 0 Å². The van der Waals surface area contributed by atoms with Crippen molar-refractivity contribution in [2.45, 2.75) is 0 Å². The van der Waals surface area contributed by atoms with E-state index in [9.17, 15) is 20.0 Å². The van der Waals surface area contributed by atoms with E-state index in [2.05, 4.69) is 9.97 Å². The summed E-state index contributed by atoms with van der Waals surface area (Å²) in [6.45, 7) is 0. The molecule has 8 heteroatoms. The van der Waals surface area contributed by atoms with Gasteiger partial charge in [0.15, 0.2) is 0 Å². The number of hydrogen-bond donors (Lipinski definition) is 2. The highest BCUT2D eigenvalue weighted by Crippen LogP contribution is 2.19.